The van der Waals surface area contributed by atoms with E-state index in [1.165, 1.54) is 0 Å². The molecule has 28 heavy (non-hydrogen) atoms. The summed E-state index contributed by atoms with van der Waals surface area (Å²) in [4.78, 5) is 0. The Hall–Kier alpha value is -1.76. The van der Waals surface area contributed by atoms with Gasteiger partial charge in [-0.2, -0.15) is 0 Å². The van der Waals surface area contributed by atoms with Gasteiger partial charge in [0.15, 0.2) is 0 Å². The summed E-state index contributed by atoms with van der Waals surface area (Å²) in [5.74, 6) is 0.233. The summed E-state index contributed by atoms with van der Waals surface area (Å²) < 4.78 is 11.6. The van der Waals surface area contributed by atoms with E-state index in [1.807, 2.05) is 60.7 Å². The number of aliphatic hydroxyl groups is 3. The minimum atomic E-state index is -1.22. The summed E-state index contributed by atoms with van der Waals surface area (Å²) in [5, 5.41) is 29.4. The van der Waals surface area contributed by atoms with Crippen LogP contribution in [0.15, 0.2) is 60.7 Å². The van der Waals surface area contributed by atoms with Crippen molar-refractivity contribution < 1.29 is 24.8 Å². The van der Waals surface area contributed by atoms with E-state index < -0.39 is 24.9 Å². The summed E-state index contributed by atoms with van der Waals surface area (Å²) in [6.07, 6.45) is -1.53. The predicted octanol–water partition coefficient (Wildman–Crippen LogP) is 2.92. The highest BCUT2D eigenvalue weighted by Gasteiger charge is 2.28. The SMILES string of the molecule is C[C@H](CCOCc1ccccc1)C[C@@H](OCc1ccccc1)[C@@H](O)[C@H](O)CO. The van der Waals surface area contributed by atoms with Gasteiger partial charge >= 0.3 is 0 Å². The Morgan fingerprint density at radius 3 is 2.00 bits per heavy atom. The first-order chi connectivity index (χ1) is 13.6. The van der Waals surface area contributed by atoms with Crippen LogP contribution < -0.4 is 0 Å². The molecule has 0 aromatic heterocycles. The van der Waals surface area contributed by atoms with Gasteiger partial charge in [0.25, 0.3) is 0 Å². The van der Waals surface area contributed by atoms with Crippen LogP contribution in [-0.2, 0) is 22.7 Å². The van der Waals surface area contributed by atoms with Gasteiger partial charge in [-0.3, -0.25) is 0 Å². The van der Waals surface area contributed by atoms with Crippen LogP contribution >= 0.6 is 0 Å². The molecule has 2 rings (SSSR count). The second-order valence-electron chi connectivity index (χ2n) is 7.24. The van der Waals surface area contributed by atoms with Gasteiger partial charge in [0.1, 0.15) is 12.2 Å². The number of rotatable bonds is 13. The summed E-state index contributed by atoms with van der Waals surface area (Å²) in [6.45, 7) is 3.11. The molecule has 0 aliphatic heterocycles. The van der Waals surface area contributed by atoms with E-state index in [1.54, 1.807) is 0 Å². The third-order valence-electron chi connectivity index (χ3n) is 4.77. The van der Waals surface area contributed by atoms with Crippen LogP contribution in [0, 0.1) is 5.92 Å². The van der Waals surface area contributed by atoms with Crippen LogP contribution in [0.4, 0.5) is 0 Å². The van der Waals surface area contributed by atoms with Gasteiger partial charge in [0, 0.05) is 6.61 Å². The molecule has 0 saturated heterocycles. The van der Waals surface area contributed by atoms with Crippen molar-refractivity contribution in [3.05, 3.63) is 71.8 Å². The fourth-order valence-electron chi connectivity index (χ4n) is 3.00. The van der Waals surface area contributed by atoms with Crippen molar-refractivity contribution in [2.45, 2.75) is 51.3 Å². The summed E-state index contributed by atoms with van der Waals surface area (Å²) in [6, 6.07) is 19.7. The molecule has 0 amide bonds. The van der Waals surface area contributed by atoms with Gasteiger partial charge in [0.2, 0.25) is 0 Å². The van der Waals surface area contributed by atoms with E-state index in [4.69, 9.17) is 14.6 Å². The molecule has 0 spiro atoms. The maximum Gasteiger partial charge on any atom is 0.108 e. The second-order valence-corrected chi connectivity index (χ2v) is 7.24. The molecule has 4 atom stereocenters. The highest BCUT2D eigenvalue weighted by Crippen LogP contribution is 2.19. The molecule has 5 heteroatoms. The van der Waals surface area contributed by atoms with Crippen LogP contribution in [0.5, 0.6) is 0 Å². The number of hydrogen-bond acceptors (Lipinski definition) is 5. The van der Waals surface area contributed by atoms with Crippen LogP contribution in [-0.4, -0.2) is 46.8 Å². The lowest BCUT2D eigenvalue weighted by Crippen LogP contribution is -2.41. The molecule has 3 N–H and O–H groups in total. The maximum atomic E-state index is 10.4. The molecule has 0 unspecified atom stereocenters. The minimum absolute atomic E-state index is 0.233. The van der Waals surface area contributed by atoms with E-state index in [0.29, 0.717) is 26.2 Å². The zero-order chi connectivity index (χ0) is 20.2. The number of hydrogen-bond donors (Lipinski definition) is 3. The second kappa shape index (κ2) is 12.6. The Kier molecular flexibility index (Phi) is 10.2. The van der Waals surface area contributed by atoms with Crippen molar-refractivity contribution in [2.75, 3.05) is 13.2 Å². The van der Waals surface area contributed by atoms with Gasteiger partial charge < -0.3 is 24.8 Å². The average Bonchev–Trinajstić information content (AvgIpc) is 2.74. The summed E-state index contributed by atoms with van der Waals surface area (Å²) in [5.41, 5.74) is 2.14. The number of benzene rings is 2. The average molecular weight is 389 g/mol. The zero-order valence-electron chi connectivity index (χ0n) is 16.5. The molecule has 0 aliphatic carbocycles. The lowest BCUT2D eigenvalue weighted by Gasteiger charge is -2.28. The Morgan fingerprint density at radius 2 is 1.43 bits per heavy atom. The van der Waals surface area contributed by atoms with Gasteiger partial charge in [-0.1, -0.05) is 67.6 Å². The minimum Gasteiger partial charge on any atom is -0.394 e. The third kappa shape index (κ3) is 8.09. The predicted molar refractivity (Wildman–Crippen MR) is 109 cm³/mol. The molecule has 0 bridgehead atoms. The van der Waals surface area contributed by atoms with E-state index in [2.05, 4.69) is 6.92 Å². The standard InChI is InChI=1S/C23H32O5/c1-18(12-13-27-16-19-8-4-2-5-9-19)14-22(23(26)21(25)15-24)28-17-20-10-6-3-7-11-20/h2-11,18,21-26H,12-17H2,1H3/t18-,21-,22-,23+/m1/s1. The topological polar surface area (TPSA) is 79.2 Å². The summed E-state index contributed by atoms with van der Waals surface area (Å²) >= 11 is 0. The van der Waals surface area contributed by atoms with E-state index in [9.17, 15) is 10.2 Å². The maximum absolute atomic E-state index is 10.4. The van der Waals surface area contributed by atoms with Crippen molar-refractivity contribution in [2.24, 2.45) is 5.92 Å². The highest BCUT2D eigenvalue weighted by molar-refractivity contribution is 5.14. The first-order valence-electron chi connectivity index (χ1n) is 9.84. The fraction of sp³-hybridized carbons (Fsp3) is 0.478. The van der Waals surface area contributed by atoms with E-state index in [0.717, 1.165) is 17.5 Å². The summed E-state index contributed by atoms with van der Waals surface area (Å²) in [7, 11) is 0. The monoisotopic (exact) mass is 388 g/mol. The quantitative estimate of drug-likeness (QED) is 0.460. The molecule has 5 nitrogen and oxygen atoms in total. The number of ether oxygens (including phenoxy) is 2. The largest absolute Gasteiger partial charge is 0.394 e. The van der Waals surface area contributed by atoms with Crippen LogP contribution in [0.3, 0.4) is 0 Å². The van der Waals surface area contributed by atoms with Crippen LogP contribution in [0.1, 0.15) is 30.9 Å². The molecular formula is C23H32O5. The highest BCUT2D eigenvalue weighted by atomic mass is 16.5. The van der Waals surface area contributed by atoms with Gasteiger partial charge in [-0.15, -0.1) is 0 Å². The molecule has 0 saturated carbocycles. The van der Waals surface area contributed by atoms with Crippen LogP contribution in [0.2, 0.25) is 0 Å². The van der Waals surface area contributed by atoms with Gasteiger partial charge in [-0.25, -0.2) is 0 Å². The van der Waals surface area contributed by atoms with Crippen molar-refractivity contribution in [3.63, 3.8) is 0 Å². The molecule has 0 fully saturated rings. The zero-order valence-corrected chi connectivity index (χ0v) is 16.5. The van der Waals surface area contributed by atoms with Gasteiger partial charge in [-0.05, 0) is 29.9 Å². The normalized spacial score (nSPS) is 15.7. The fourth-order valence-corrected chi connectivity index (χ4v) is 3.00. The Balaban J connectivity index is 1.80. The molecule has 2 aromatic rings. The van der Waals surface area contributed by atoms with Crippen molar-refractivity contribution in [1.82, 2.24) is 0 Å². The van der Waals surface area contributed by atoms with Crippen molar-refractivity contribution in [3.8, 4) is 0 Å². The molecular weight excluding hydrogens is 356 g/mol. The molecule has 2 aromatic carbocycles. The van der Waals surface area contributed by atoms with E-state index >= 15 is 0 Å². The van der Waals surface area contributed by atoms with Gasteiger partial charge in [0.05, 0.1) is 25.9 Å². The Bertz CT molecular complexity index is 634. The Labute approximate surface area is 167 Å². The van der Waals surface area contributed by atoms with Crippen LogP contribution in [0.25, 0.3) is 0 Å². The molecule has 0 heterocycles. The smallest absolute Gasteiger partial charge is 0.108 e. The first kappa shape index (κ1) is 22.5. The molecule has 0 aliphatic rings. The van der Waals surface area contributed by atoms with Crippen molar-refractivity contribution >= 4 is 0 Å². The molecule has 154 valence electrons. The lowest BCUT2D eigenvalue weighted by atomic mass is 9.95. The van der Waals surface area contributed by atoms with Crippen molar-refractivity contribution in [1.29, 1.82) is 0 Å². The third-order valence-corrected chi connectivity index (χ3v) is 4.77. The lowest BCUT2D eigenvalue weighted by molar-refractivity contribution is -0.114. The number of aliphatic hydroxyl groups excluding tert-OH is 3. The first-order valence-corrected chi connectivity index (χ1v) is 9.84. The van der Waals surface area contributed by atoms with E-state index in [-0.39, 0.29) is 5.92 Å². The Morgan fingerprint density at radius 1 is 0.857 bits per heavy atom. The molecule has 0 radical (unpaired) electrons.